The quantitative estimate of drug-likeness (QED) is 0.894. The highest BCUT2D eigenvalue weighted by Crippen LogP contribution is 2.22. The lowest BCUT2D eigenvalue weighted by Gasteiger charge is -2.07. The van der Waals surface area contributed by atoms with E-state index in [2.05, 4.69) is 21.5 Å². The highest BCUT2D eigenvalue weighted by molar-refractivity contribution is 5.94. The van der Waals surface area contributed by atoms with Crippen LogP contribution in [0.4, 0.5) is 0 Å². The number of aryl methyl sites for hydroxylation is 2. The molecule has 1 aromatic heterocycles. The molecule has 0 bridgehead atoms. The molecule has 0 fully saturated rings. The maximum absolute atomic E-state index is 12.0. The van der Waals surface area contributed by atoms with Crippen LogP contribution >= 0.6 is 0 Å². The Balaban J connectivity index is 1.58. The van der Waals surface area contributed by atoms with Gasteiger partial charge in [0.15, 0.2) is 0 Å². The van der Waals surface area contributed by atoms with Gasteiger partial charge in [0.25, 0.3) is 5.91 Å². The van der Waals surface area contributed by atoms with Crippen molar-refractivity contribution in [3.63, 3.8) is 0 Å². The highest BCUT2D eigenvalue weighted by Gasteiger charge is 2.13. The fourth-order valence-corrected chi connectivity index (χ4v) is 2.45. The van der Waals surface area contributed by atoms with Crippen molar-refractivity contribution in [3.8, 4) is 0 Å². The van der Waals surface area contributed by atoms with Crippen LogP contribution in [0.1, 0.15) is 27.9 Å². The van der Waals surface area contributed by atoms with Crippen molar-refractivity contribution in [1.29, 1.82) is 0 Å². The lowest BCUT2D eigenvalue weighted by Crippen LogP contribution is -2.27. The molecule has 5 heteroatoms. The Hall–Kier alpha value is -2.17. The summed E-state index contributed by atoms with van der Waals surface area (Å²) in [7, 11) is 0. The SMILES string of the molecule is O=C(NCCn1cncn1)c1ccc2c(c1)CCC2. The number of hydrogen-bond acceptors (Lipinski definition) is 3. The van der Waals surface area contributed by atoms with Gasteiger partial charge < -0.3 is 5.32 Å². The van der Waals surface area contributed by atoms with E-state index in [1.807, 2.05) is 12.1 Å². The molecule has 0 saturated heterocycles. The third kappa shape index (κ3) is 2.65. The van der Waals surface area contributed by atoms with Gasteiger partial charge in [-0.3, -0.25) is 9.48 Å². The zero-order valence-corrected chi connectivity index (χ0v) is 10.7. The number of fused-ring (bicyclic) bond motifs is 1. The van der Waals surface area contributed by atoms with Gasteiger partial charge in [-0.25, -0.2) is 4.98 Å². The van der Waals surface area contributed by atoms with Crippen LogP contribution in [0, 0.1) is 0 Å². The van der Waals surface area contributed by atoms with Gasteiger partial charge in [-0.2, -0.15) is 5.10 Å². The topological polar surface area (TPSA) is 59.8 Å². The number of benzene rings is 1. The number of nitrogens with one attached hydrogen (secondary N) is 1. The molecule has 0 atom stereocenters. The number of carbonyl (C=O) groups is 1. The minimum Gasteiger partial charge on any atom is -0.350 e. The van der Waals surface area contributed by atoms with E-state index in [4.69, 9.17) is 0 Å². The molecule has 5 nitrogen and oxygen atoms in total. The van der Waals surface area contributed by atoms with Crippen LogP contribution in [0.25, 0.3) is 0 Å². The summed E-state index contributed by atoms with van der Waals surface area (Å²) in [5, 5.41) is 6.89. The molecular weight excluding hydrogens is 240 g/mol. The Kier molecular flexibility index (Phi) is 3.27. The third-order valence-corrected chi connectivity index (χ3v) is 3.45. The highest BCUT2D eigenvalue weighted by atomic mass is 16.1. The molecule has 19 heavy (non-hydrogen) atoms. The van der Waals surface area contributed by atoms with Gasteiger partial charge in [-0.05, 0) is 42.5 Å². The van der Waals surface area contributed by atoms with E-state index < -0.39 is 0 Å². The fraction of sp³-hybridized carbons (Fsp3) is 0.357. The standard InChI is InChI=1S/C14H16N4O/c19-14(16-6-7-18-10-15-9-17-18)13-5-4-11-2-1-3-12(11)8-13/h4-5,8-10H,1-3,6-7H2,(H,16,19). The van der Waals surface area contributed by atoms with Crippen molar-refractivity contribution in [2.45, 2.75) is 25.8 Å². The first-order chi connectivity index (χ1) is 9.33. The Morgan fingerprint density at radius 3 is 3.05 bits per heavy atom. The normalized spacial score (nSPS) is 13.3. The molecule has 1 aromatic carbocycles. The summed E-state index contributed by atoms with van der Waals surface area (Å²) in [6.07, 6.45) is 6.56. The molecule has 0 unspecified atom stereocenters. The number of aromatic nitrogens is 3. The van der Waals surface area contributed by atoms with Crippen LogP contribution in [0.3, 0.4) is 0 Å². The van der Waals surface area contributed by atoms with Crippen LogP contribution < -0.4 is 5.32 Å². The molecule has 1 aliphatic rings. The average molecular weight is 256 g/mol. The molecule has 0 spiro atoms. The molecule has 0 aliphatic heterocycles. The molecule has 1 aliphatic carbocycles. The molecule has 98 valence electrons. The average Bonchev–Trinajstić information content (AvgIpc) is 3.08. The predicted molar refractivity (Wildman–Crippen MR) is 70.8 cm³/mol. The van der Waals surface area contributed by atoms with Crippen molar-refractivity contribution >= 4 is 5.91 Å². The Labute approximate surface area is 111 Å². The minimum absolute atomic E-state index is 0.0187. The predicted octanol–water partition coefficient (Wildman–Crippen LogP) is 1.20. The summed E-state index contributed by atoms with van der Waals surface area (Å²) in [4.78, 5) is 15.9. The largest absolute Gasteiger partial charge is 0.350 e. The molecule has 3 rings (SSSR count). The van der Waals surface area contributed by atoms with Gasteiger partial charge in [-0.1, -0.05) is 6.07 Å². The van der Waals surface area contributed by atoms with E-state index in [1.54, 1.807) is 11.0 Å². The number of hydrogen-bond donors (Lipinski definition) is 1. The van der Waals surface area contributed by atoms with E-state index in [9.17, 15) is 4.79 Å². The van der Waals surface area contributed by atoms with E-state index in [0.717, 1.165) is 18.4 Å². The van der Waals surface area contributed by atoms with Crippen LogP contribution in [0.5, 0.6) is 0 Å². The van der Waals surface area contributed by atoms with E-state index >= 15 is 0 Å². The molecule has 1 amide bonds. The number of carbonyl (C=O) groups excluding carboxylic acids is 1. The van der Waals surface area contributed by atoms with Crippen molar-refractivity contribution in [2.75, 3.05) is 6.54 Å². The molecule has 2 aromatic rings. The molecule has 1 heterocycles. The van der Waals surface area contributed by atoms with Gasteiger partial charge in [-0.15, -0.1) is 0 Å². The fourth-order valence-electron chi connectivity index (χ4n) is 2.45. The minimum atomic E-state index is -0.0187. The van der Waals surface area contributed by atoms with Gasteiger partial charge in [0.1, 0.15) is 12.7 Å². The summed E-state index contributed by atoms with van der Waals surface area (Å²) < 4.78 is 1.70. The van der Waals surface area contributed by atoms with Gasteiger partial charge >= 0.3 is 0 Å². The Bertz CT molecular complexity index is 577. The monoisotopic (exact) mass is 256 g/mol. The number of nitrogens with zero attached hydrogens (tertiary/aromatic N) is 3. The van der Waals surface area contributed by atoms with Crippen molar-refractivity contribution in [1.82, 2.24) is 20.1 Å². The van der Waals surface area contributed by atoms with Crippen LogP contribution in [-0.4, -0.2) is 27.2 Å². The number of rotatable bonds is 4. The van der Waals surface area contributed by atoms with Crippen LogP contribution in [-0.2, 0) is 19.4 Å². The van der Waals surface area contributed by atoms with Gasteiger partial charge in [0, 0.05) is 12.1 Å². The Morgan fingerprint density at radius 1 is 1.32 bits per heavy atom. The van der Waals surface area contributed by atoms with Crippen molar-refractivity contribution < 1.29 is 4.79 Å². The number of amides is 1. The zero-order valence-electron chi connectivity index (χ0n) is 10.7. The van der Waals surface area contributed by atoms with E-state index in [0.29, 0.717) is 13.1 Å². The Morgan fingerprint density at radius 2 is 2.21 bits per heavy atom. The summed E-state index contributed by atoms with van der Waals surface area (Å²) >= 11 is 0. The third-order valence-electron chi connectivity index (χ3n) is 3.45. The molecular formula is C14H16N4O. The van der Waals surface area contributed by atoms with E-state index in [-0.39, 0.29) is 5.91 Å². The second kappa shape index (κ2) is 5.22. The van der Waals surface area contributed by atoms with Crippen LogP contribution in [0.2, 0.25) is 0 Å². The van der Waals surface area contributed by atoms with Gasteiger partial charge in [0.05, 0.1) is 6.54 Å². The summed E-state index contributed by atoms with van der Waals surface area (Å²) in [5.74, 6) is -0.0187. The smallest absolute Gasteiger partial charge is 0.251 e. The molecule has 1 N–H and O–H groups in total. The van der Waals surface area contributed by atoms with Crippen molar-refractivity contribution in [3.05, 3.63) is 47.5 Å². The van der Waals surface area contributed by atoms with Crippen LogP contribution in [0.15, 0.2) is 30.9 Å². The maximum atomic E-state index is 12.0. The van der Waals surface area contributed by atoms with Gasteiger partial charge in [0.2, 0.25) is 0 Å². The van der Waals surface area contributed by atoms with Crippen molar-refractivity contribution in [2.24, 2.45) is 0 Å². The summed E-state index contributed by atoms with van der Waals surface area (Å²) in [6.45, 7) is 1.19. The molecule has 0 radical (unpaired) electrons. The first-order valence-electron chi connectivity index (χ1n) is 6.55. The molecule has 0 saturated carbocycles. The lowest BCUT2D eigenvalue weighted by molar-refractivity contribution is 0.0952. The second-order valence-electron chi connectivity index (χ2n) is 4.75. The zero-order chi connectivity index (χ0) is 13.1. The van der Waals surface area contributed by atoms with E-state index in [1.165, 1.54) is 23.9 Å². The summed E-state index contributed by atoms with van der Waals surface area (Å²) in [5.41, 5.74) is 3.46. The maximum Gasteiger partial charge on any atom is 0.251 e. The summed E-state index contributed by atoms with van der Waals surface area (Å²) in [6, 6.07) is 6.01. The first kappa shape index (κ1) is 11.9. The lowest BCUT2D eigenvalue weighted by atomic mass is 10.1. The first-order valence-corrected chi connectivity index (χ1v) is 6.55. The second-order valence-corrected chi connectivity index (χ2v) is 4.75.